The smallest absolute Gasteiger partial charge is 0.338 e. The molecule has 0 fully saturated rings. The van der Waals surface area contributed by atoms with Crippen LogP contribution in [-0.4, -0.2) is 38.9 Å². The van der Waals surface area contributed by atoms with Gasteiger partial charge in [-0.1, -0.05) is 53.2 Å². The van der Waals surface area contributed by atoms with Crippen molar-refractivity contribution in [3.63, 3.8) is 0 Å². The molecule has 0 aliphatic carbocycles. The van der Waals surface area contributed by atoms with Crippen LogP contribution in [0.1, 0.15) is 41.4 Å². The number of hydrogen-bond acceptors (Lipinski definition) is 7. The van der Waals surface area contributed by atoms with Gasteiger partial charge in [0.15, 0.2) is 5.78 Å². The van der Waals surface area contributed by atoms with Gasteiger partial charge in [0.25, 0.3) is 0 Å². The lowest BCUT2D eigenvalue weighted by Crippen LogP contribution is -2.29. The number of ketones is 1. The van der Waals surface area contributed by atoms with Crippen molar-refractivity contribution in [2.75, 3.05) is 17.7 Å². The highest BCUT2D eigenvalue weighted by Gasteiger charge is 2.35. The highest BCUT2D eigenvalue weighted by Crippen LogP contribution is 2.36. The van der Waals surface area contributed by atoms with Crippen LogP contribution in [0.15, 0.2) is 65.0 Å². The zero-order chi connectivity index (χ0) is 23.5. The monoisotopic (exact) mass is 482 g/mol. The van der Waals surface area contributed by atoms with E-state index in [1.807, 2.05) is 38.1 Å². The van der Waals surface area contributed by atoms with Gasteiger partial charge in [0.05, 0.1) is 17.9 Å². The lowest BCUT2D eigenvalue weighted by Gasteiger charge is -2.28. The second-order valence-corrected chi connectivity index (χ2v) is 8.96. The van der Waals surface area contributed by atoms with Crippen LogP contribution in [0.4, 0.5) is 5.95 Å². The number of Topliss-reactive ketones (excluding diaryl/α,β-unsaturated/α-hetero) is 1. The fraction of sp³-hybridized carbons (Fsp3) is 0.250. The van der Waals surface area contributed by atoms with Crippen molar-refractivity contribution in [1.29, 1.82) is 0 Å². The van der Waals surface area contributed by atoms with E-state index in [0.717, 1.165) is 11.1 Å². The molecule has 1 aliphatic heterocycles. The Kier molecular flexibility index (Phi) is 6.85. The summed E-state index contributed by atoms with van der Waals surface area (Å²) in [5.74, 6) is 0.236. The van der Waals surface area contributed by atoms with E-state index in [9.17, 15) is 9.59 Å². The van der Waals surface area contributed by atoms with Crippen molar-refractivity contribution in [2.24, 2.45) is 0 Å². The predicted molar refractivity (Wildman–Crippen MR) is 129 cm³/mol. The molecule has 33 heavy (non-hydrogen) atoms. The number of rotatable bonds is 7. The minimum atomic E-state index is -0.491. The van der Waals surface area contributed by atoms with E-state index in [1.165, 1.54) is 11.8 Å². The van der Waals surface area contributed by atoms with Gasteiger partial charge in [-0.2, -0.15) is 4.98 Å². The summed E-state index contributed by atoms with van der Waals surface area (Å²) in [5, 5.41) is 8.81. The van der Waals surface area contributed by atoms with Crippen molar-refractivity contribution in [3.8, 4) is 0 Å². The van der Waals surface area contributed by atoms with Gasteiger partial charge >= 0.3 is 5.97 Å². The summed E-state index contributed by atoms with van der Waals surface area (Å²) in [6.45, 7) is 5.88. The standard InChI is InChI=1S/C24H23ClN4O3S/c1-4-32-22(31)20-15(3)26-23-27-24(33-13-19(30)16-9-11-18(25)12-10-16)28-29(23)21(20)17-7-5-14(2)6-8-17/h5-12,21H,4,13H2,1-3H3,(H,26,27,28)/t21-/m1/s1. The van der Waals surface area contributed by atoms with E-state index >= 15 is 0 Å². The number of carbonyl (C=O) groups excluding carboxylic acids is 2. The van der Waals surface area contributed by atoms with Crippen molar-refractivity contribution < 1.29 is 14.3 Å². The van der Waals surface area contributed by atoms with Gasteiger partial charge in [0.2, 0.25) is 11.1 Å². The largest absolute Gasteiger partial charge is 0.463 e. The first-order valence-corrected chi connectivity index (χ1v) is 11.8. The molecule has 3 aromatic rings. The van der Waals surface area contributed by atoms with E-state index in [-0.39, 0.29) is 18.1 Å². The summed E-state index contributed by atoms with van der Waals surface area (Å²) in [4.78, 5) is 29.9. The van der Waals surface area contributed by atoms with E-state index in [0.29, 0.717) is 33.0 Å². The molecule has 0 amide bonds. The quantitative estimate of drug-likeness (QED) is 0.286. The van der Waals surface area contributed by atoms with Gasteiger partial charge < -0.3 is 10.1 Å². The Morgan fingerprint density at radius 3 is 2.48 bits per heavy atom. The molecule has 1 aromatic heterocycles. The number of anilines is 1. The lowest BCUT2D eigenvalue weighted by atomic mass is 9.95. The first-order valence-electron chi connectivity index (χ1n) is 10.5. The van der Waals surface area contributed by atoms with Crippen LogP contribution < -0.4 is 5.32 Å². The predicted octanol–water partition coefficient (Wildman–Crippen LogP) is 5.07. The third-order valence-electron chi connectivity index (χ3n) is 5.22. The van der Waals surface area contributed by atoms with Gasteiger partial charge in [-0.25, -0.2) is 9.48 Å². The third-order valence-corrected chi connectivity index (χ3v) is 6.31. The Morgan fingerprint density at radius 2 is 1.82 bits per heavy atom. The number of nitrogens with one attached hydrogen (secondary N) is 1. The molecule has 9 heteroatoms. The first kappa shape index (κ1) is 23.1. The maximum absolute atomic E-state index is 12.8. The van der Waals surface area contributed by atoms with E-state index in [2.05, 4.69) is 15.4 Å². The molecule has 4 rings (SSSR count). The van der Waals surface area contributed by atoms with Crippen molar-refractivity contribution in [3.05, 3.63) is 81.5 Å². The lowest BCUT2D eigenvalue weighted by molar-refractivity contribution is -0.139. The van der Waals surface area contributed by atoms with Crippen molar-refractivity contribution >= 4 is 41.1 Å². The summed E-state index contributed by atoms with van der Waals surface area (Å²) >= 11 is 7.14. The number of nitrogens with zero attached hydrogens (tertiary/aromatic N) is 3. The van der Waals surface area contributed by atoms with E-state index in [4.69, 9.17) is 16.3 Å². The summed E-state index contributed by atoms with van der Waals surface area (Å²) < 4.78 is 7.01. The summed E-state index contributed by atoms with van der Waals surface area (Å²) in [7, 11) is 0. The molecule has 7 nitrogen and oxygen atoms in total. The van der Waals surface area contributed by atoms with Gasteiger partial charge in [0, 0.05) is 16.3 Å². The summed E-state index contributed by atoms with van der Waals surface area (Å²) in [5.41, 5.74) is 3.72. The van der Waals surface area contributed by atoms with E-state index < -0.39 is 12.0 Å². The van der Waals surface area contributed by atoms with Gasteiger partial charge in [-0.3, -0.25) is 4.79 Å². The highest BCUT2D eigenvalue weighted by atomic mass is 35.5. The molecular formula is C24H23ClN4O3S. The average Bonchev–Trinajstić information content (AvgIpc) is 3.20. The fourth-order valence-corrected chi connectivity index (χ4v) is 4.42. The third kappa shape index (κ3) is 4.96. The van der Waals surface area contributed by atoms with Crippen molar-refractivity contribution in [1.82, 2.24) is 14.8 Å². The molecule has 0 radical (unpaired) electrons. The Balaban J connectivity index is 1.63. The Bertz CT molecular complexity index is 1220. The van der Waals surface area contributed by atoms with Gasteiger partial charge in [-0.15, -0.1) is 5.10 Å². The molecule has 0 saturated heterocycles. The molecule has 0 spiro atoms. The molecular weight excluding hydrogens is 460 g/mol. The normalized spacial score (nSPS) is 15.1. The Morgan fingerprint density at radius 1 is 1.12 bits per heavy atom. The number of carbonyl (C=O) groups is 2. The van der Waals surface area contributed by atoms with Crippen molar-refractivity contribution in [2.45, 2.75) is 32.0 Å². The molecule has 2 aromatic carbocycles. The molecule has 170 valence electrons. The van der Waals surface area contributed by atoms with Gasteiger partial charge in [-0.05, 0) is 50.6 Å². The fourth-order valence-electron chi connectivity index (χ4n) is 3.57. The highest BCUT2D eigenvalue weighted by molar-refractivity contribution is 7.99. The molecule has 2 heterocycles. The number of hydrogen-bond donors (Lipinski definition) is 1. The molecule has 1 N–H and O–H groups in total. The number of thioether (sulfide) groups is 1. The number of ether oxygens (including phenoxy) is 1. The molecule has 0 unspecified atom stereocenters. The van der Waals surface area contributed by atoms with Crippen LogP contribution in [0, 0.1) is 6.92 Å². The minimum absolute atomic E-state index is 0.0472. The molecule has 1 atom stereocenters. The number of fused-ring (bicyclic) bond motifs is 1. The van der Waals surface area contributed by atoms with Crippen LogP contribution in [0.3, 0.4) is 0 Å². The number of esters is 1. The van der Waals surface area contributed by atoms with Gasteiger partial charge in [0.1, 0.15) is 6.04 Å². The number of aryl methyl sites for hydroxylation is 1. The summed E-state index contributed by atoms with van der Waals surface area (Å²) in [6, 6.07) is 14.2. The SMILES string of the molecule is CCOC(=O)C1=C(C)Nc2nc(SCC(=O)c3ccc(Cl)cc3)nn2[C@@H]1c1ccc(C)cc1. The number of allylic oxidation sites excluding steroid dienone is 1. The topological polar surface area (TPSA) is 86.1 Å². The van der Waals surface area contributed by atoms with Crippen LogP contribution in [-0.2, 0) is 9.53 Å². The number of aromatic nitrogens is 3. The zero-order valence-electron chi connectivity index (χ0n) is 18.5. The molecule has 0 bridgehead atoms. The maximum atomic E-state index is 12.8. The maximum Gasteiger partial charge on any atom is 0.338 e. The zero-order valence-corrected chi connectivity index (χ0v) is 20.0. The average molecular weight is 483 g/mol. The molecule has 0 saturated carbocycles. The van der Waals surface area contributed by atoms with Crippen LogP contribution in [0.2, 0.25) is 5.02 Å². The second-order valence-electron chi connectivity index (χ2n) is 7.58. The Hall–Kier alpha value is -3.10. The van der Waals surface area contributed by atoms with Crippen LogP contribution in [0.5, 0.6) is 0 Å². The minimum Gasteiger partial charge on any atom is -0.463 e. The second kappa shape index (κ2) is 9.80. The van der Waals surface area contributed by atoms with Crippen LogP contribution >= 0.6 is 23.4 Å². The number of benzene rings is 2. The van der Waals surface area contributed by atoms with Crippen LogP contribution in [0.25, 0.3) is 0 Å². The first-order chi connectivity index (χ1) is 15.9. The Labute approximate surface area is 201 Å². The summed E-state index contributed by atoms with van der Waals surface area (Å²) in [6.07, 6.45) is 0. The molecule has 1 aliphatic rings. The van der Waals surface area contributed by atoms with E-state index in [1.54, 1.807) is 35.9 Å². The number of halogens is 1.